The fourth-order valence-corrected chi connectivity index (χ4v) is 4.20. The molecular weight excluding hydrogens is 524 g/mol. The van der Waals surface area contributed by atoms with Crippen molar-refractivity contribution in [3.63, 3.8) is 0 Å². The van der Waals surface area contributed by atoms with Gasteiger partial charge in [-0.25, -0.2) is 0 Å². The molecule has 0 saturated carbocycles. The smallest absolute Gasteiger partial charge is 0.221 e. The number of nitrogens with one attached hydrogen (secondary N) is 1. The highest BCUT2D eigenvalue weighted by atomic mass is 79.9. The van der Waals surface area contributed by atoms with Gasteiger partial charge in [0.05, 0.1) is 24.2 Å². The van der Waals surface area contributed by atoms with Crippen LogP contribution in [0.1, 0.15) is 11.1 Å². The Balaban J connectivity index is 1.64. The number of azo groups is 1. The highest BCUT2D eigenvalue weighted by molar-refractivity contribution is 9.10. The fourth-order valence-electron chi connectivity index (χ4n) is 3.42. The molecule has 0 amide bonds. The van der Waals surface area contributed by atoms with Crippen LogP contribution in [-0.2, 0) is 6.54 Å². The van der Waals surface area contributed by atoms with Crippen LogP contribution in [0, 0.1) is 6.92 Å². The van der Waals surface area contributed by atoms with E-state index in [1.807, 2.05) is 49.4 Å². The summed E-state index contributed by atoms with van der Waals surface area (Å²) in [5.74, 6) is 0.578. The lowest BCUT2D eigenvalue weighted by molar-refractivity contribution is 0.415. The number of hydrogen-bond acceptors (Lipinski definition) is 4. The van der Waals surface area contributed by atoms with Crippen molar-refractivity contribution in [1.82, 2.24) is 4.57 Å². The maximum absolute atomic E-state index is 11.0. The van der Waals surface area contributed by atoms with Gasteiger partial charge in [-0.15, -0.1) is 10.2 Å². The van der Waals surface area contributed by atoms with Crippen LogP contribution in [0.25, 0.3) is 10.9 Å². The molecule has 4 aromatic rings. The monoisotopic (exact) mass is 542 g/mol. The van der Waals surface area contributed by atoms with Gasteiger partial charge in [0.25, 0.3) is 0 Å². The van der Waals surface area contributed by atoms with Gasteiger partial charge in [0.2, 0.25) is 11.0 Å². The van der Waals surface area contributed by atoms with E-state index in [0.717, 1.165) is 20.9 Å². The van der Waals surface area contributed by atoms with Gasteiger partial charge in [-0.1, -0.05) is 57.4 Å². The van der Waals surface area contributed by atoms with Gasteiger partial charge in [0.1, 0.15) is 5.75 Å². The third-order valence-corrected chi connectivity index (χ3v) is 6.05. The number of aromatic nitrogens is 1. The summed E-state index contributed by atoms with van der Waals surface area (Å²) < 4.78 is 7.83. The lowest BCUT2D eigenvalue weighted by Gasteiger charge is -2.08. The SMILES string of the molecule is COc1ccc(NC(=S)N=Nc2c(O)n(Cc3ccc(C)cc3)c3ccc(Br)cc23)cc1Cl. The minimum absolute atomic E-state index is 0.0164. The van der Waals surface area contributed by atoms with Crippen molar-refractivity contribution in [2.24, 2.45) is 10.2 Å². The van der Waals surface area contributed by atoms with E-state index >= 15 is 0 Å². The number of anilines is 1. The largest absolute Gasteiger partial charge is 0.495 e. The molecule has 0 fully saturated rings. The van der Waals surface area contributed by atoms with Gasteiger partial charge in [0.15, 0.2) is 5.69 Å². The number of rotatable bonds is 5. The minimum atomic E-state index is 0.0164. The van der Waals surface area contributed by atoms with Gasteiger partial charge in [-0.05, 0) is 61.1 Å². The van der Waals surface area contributed by atoms with Crippen molar-refractivity contribution in [3.05, 3.63) is 81.3 Å². The molecule has 0 aliphatic rings. The van der Waals surface area contributed by atoms with Crippen LogP contribution in [0.4, 0.5) is 11.4 Å². The maximum Gasteiger partial charge on any atom is 0.221 e. The van der Waals surface area contributed by atoms with Gasteiger partial charge in [0, 0.05) is 15.5 Å². The van der Waals surface area contributed by atoms with Crippen molar-refractivity contribution in [3.8, 4) is 11.6 Å². The molecule has 2 N–H and O–H groups in total. The second-order valence-electron chi connectivity index (χ2n) is 7.38. The van der Waals surface area contributed by atoms with Crippen molar-refractivity contribution >= 4 is 67.1 Å². The molecule has 3 aromatic carbocycles. The van der Waals surface area contributed by atoms with E-state index in [2.05, 4.69) is 31.5 Å². The molecule has 0 aliphatic carbocycles. The number of nitrogens with zero attached hydrogens (tertiary/aromatic N) is 3. The quantitative estimate of drug-likeness (QED) is 0.201. The minimum Gasteiger partial charge on any atom is -0.495 e. The molecule has 0 radical (unpaired) electrons. The van der Waals surface area contributed by atoms with Crippen molar-refractivity contribution < 1.29 is 9.84 Å². The standard InChI is InChI=1S/C24H20BrClN4O2S/c1-14-3-5-15(6-4-14)13-30-20-9-7-16(25)11-18(20)22(23(30)31)28-29-24(33)27-17-8-10-21(32-2)19(26)12-17/h3-12,31H,13H2,1-2H3,(H,27,33). The third-order valence-electron chi connectivity index (χ3n) is 5.08. The average Bonchev–Trinajstić information content (AvgIpc) is 3.04. The molecule has 1 aromatic heterocycles. The number of hydrogen-bond donors (Lipinski definition) is 2. The summed E-state index contributed by atoms with van der Waals surface area (Å²) in [6.45, 7) is 2.53. The van der Waals surface area contributed by atoms with Crippen LogP contribution in [0.2, 0.25) is 5.02 Å². The normalized spacial score (nSPS) is 11.3. The molecule has 0 unspecified atom stereocenters. The molecule has 168 valence electrons. The number of halogens is 2. The number of aryl methyl sites for hydroxylation is 1. The van der Waals surface area contributed by atoms with E-state index in [1.54, 1.807) is 29.9 Å². The Morgan fingerprint density at radius 2 is 1.91 bits per heavy atom. The predicted molar refractivity (Wildman–Crippen MR) is 140 cm³/mol. The topological polar surface area (TPSA) is 71.1 Å². The van der Waals surface area contributed by atoms with E-state index in [9.17, 15) is 5.11 Å². The third kappa shape index (κ3) is 5.19. The van der Waals surface area contributed by atoms with Gasteiger partial charge in [-0.2, -0.15) is 0 Å². The zero-order valence-corrected chi connectivity index (χ0v) is 21.0. The summed E-state index contributed by atoms with van der Waals surface area (Å²) in [6.07, 6.45) is 0. The molecule has 0 saturated heterocycles. The number of methoxy groups -OCH3 is 1. The van der Waals surface area contributed by atoms with Crippen LogP contribution < -0.4 is 10.1 Å². The summed E-state index contributed by atoms with van der Waals surface area (Å²) in [7, 11) is 1.55. The molecule has 0 atom stereocenters. The summed E-state index contributed by atoms with van der Waals surface area (Å²) in [4.78, 5) is 0. The Morgan fingerprint density at radius 3 is 2.61 bits per heavy atom. The molecule has 9 heteroatoms. The number of fused-ring (bicyclic) bond motifs is 1. The number of ether oxygens (including phenoxy) is 1. The van der Waals surface area contributed by atoms with Crippen LogP contribution in [0.15, 0.2) is 75.4 Å². The summed E-state index contributed by atoms with van der Waals surface area (Å²) in [5.41, 5.74) is 4.07. The molecule has 6 nitrogen and oxygen atoms in total. The molecular formula is C24H20BrClN4O2S. The second kappa shape index (κ2) is 9.91. The van der Waals surface area contributed by atoms with Crippen molar-refractivity contribution in [2.75, 3.05) is 12.4 Å². The van der Waals surface area contributed by atoms with Gasteiger partial charge in [-0.3, -0.25) is 0 Å². The zero-order valence-electron chi connectivity index (χ0n) is 17.8. The van der Waals surface area contributed by atoms with Crippen molar-refractivity contribution in [2.45, 2.75) is 13.5 Å². The van der Waals surface area contributed by atoms with E-state index in [0.29, 0.717) is 28.7 Å². The molecule has 0 bridgehead atoms. The first-order chi connectivity index (χ1) is 15.9. The average molecular weight is 544 g/mol. The summed E-state index contributed by atoms with van der Waals surface area (Å²) >= 11 is 15.0. The lowest BCUT2D eigenvalue weighted by atomic mass is 10.1. The Labute approximate surface area is 210 Å². The van der Waals surface area contributed by atoms with E-state index in [-0.39, 0.29) is 11.0 Å². The molecule has 0 spiro atoms. The Hall–Kier alpha value is -2.94. The Morgan fingerprint density at radius 1 is 1.15 bits per heavy atom. The van der Waals surface area contributed by atoms with Crippen LogP contribution in [0.5, 0.6) is 11.6 Å². The summed E-state index contributed by atoms with van der Waals surface area (Å²) in [5, 5.41) is 23.7. The lowest BCUT2D eigenvalue weighted by Crippen LogP contribution is -2.04. The van der Waals surface area contributed by atoms with E-state index in [4.69, 9.17) is 28.6 Å². The zero-order chi connectivity index (χ0) is 23.5. The second-order valence-corrected chi connectivity index (χ2v) is 9.09. The van der Waals surface area contributed by atoms with Crippen molar-refractivity contribution in [1.29, 1.82) is 0 Å². The first-order valence-electron chi connectivity index (χ1n) is 9.98. The highest BCUT2D eigenvalue weighted by Crippen LogP contribution is 2.40. The van der Waals surface area contributed by atoms with E-state index < -0.39 is 0 Å². The maximum atomic E-state index is 11.0. The number of aromatic hydroxyl groups is 1. The van der Waals surface area contributed by atoms with Crippen LogP contribution >= 0.6 is 39.7 Å². The van der Waals surface area contributed by atoms with Crippen LogP contribution in [-0.4, -0.2) is 21.9 Å². The Bertz CT molecular complexity index is 1370. The highest BCUT2D eigenvalue weighted by Gasteiger charge is 2.17. The molecule has 1 heterocycles. The van der Waals surface area contributed by atoms with Crippen LogP contribution in [0.3, 0.4) is 0 Å². The summed E-state index contributed by atoms with van der Waals surface area (Å²) in [6, 6.07) is 19.1. The molecule has 0 aliphatic heterocycles. The first kappa shape index (κ1) is 23.2. The van der Waals surface area contributed by atoms with Gasteiger partial charge >= 0.3 is 0 Å². The van der Waals surface area contributed by atoms with E-state index in [1.165, 1.54) is 5.56 Å². The molecule has 4 rings (SSSR count). The number of benzene rings is 3. The number of thiocarbonyl (C=S) groups is 1. The first-order valence-corrected chi connectivity index (χ1v) is 11.6. The fraction of sp³-hybridized carbons (Fsp3) is 0.125. The van der Waals surface area contributed by atoms with Gasteiger partial charge < -0.3 is 19.7 Å². The Kier molecular flexibility index (Phi) is 6.97. The molecule has 33 heavy (non-hydrogen) atoms. The predicted octanol–water partition coefficient (Wildman–Crippen LogP) is 7.61.